The number of anilines is 1. The molecule has 2 rings (SSSR count). The van der Waals surface area contributed by atoms with Crippen molar-refractivity contribution in [2.24, 2.45) is 0 Å². The monoisotopic (exact) mass is 264 g/mol. The van der Waals surface area contributed by atoms with Crippen LogP contribution in [0.4, 0.5) is 5.82 Å². The predicted molar refractivity (Wildman–Crippen MR) is 73.1 cm³/mol. The molecule has 1 aliphatic heterocycles. The molecule has 1 atom stereocenters. The van der Waals surface area contributed by atoms with Crippen LogP contribution in [0, 0.1) is 0 Å². The number of aromatic nitrogens is 2. The number of piperidine rings is 1. The van der Waals surface area contributed by atoms with Crippen LogP contribution in [0.2, 0.25) is 0 Å². The Hall–Kier alpha value is -1.85. The number of carbonyl (C=O) groups excluding carboxylic acids is 1. The molecular weight excluding hydrogens is 244 g/mol. The van der Waals surface area contributed by atoms with E-state index in [2.05, 4.69) is 10.3 Å². The lowest BCUT2D eigenvalue weighted by Crippen LogP contribution is -2.44. The summed E-state index contributed by atoms with van der Waals surface area (Å²) < 4.78 is 1.66. The fourth-order valence-electron chi connectivity index (χ4n) is 2.29. The second-order valence-electron chi connectivity index (χ2n) is 4.93. The number of nitrogens with one attached hydrogen (secondary N) is 1. The van der Waals surface area contributed by atoms with Crippen molar-refractivity contribution in [3.8, 4) is 0 Å². The summed E-state index contributed by atoms with van der Waals surface area (Å²) >= 11 is 0. The molecule has 0 radical (unpaired) electrons. The maximum Gasteiger partial charge on any atom is 0.293 e. The molecule has 1 N–H and O–H groups in total. The van der Waals surface area contributed by atoms with Crippen LogP contribution in [-0.4, -0.2) is 40.0 Å². The molecule has 2 heterocycles. The van der Waals surface area contributed by atoms with Crippen molar-refractivity contribution in [3.05, 3.63) is 22.7 Å². The van der Waals surface area contributed by atoms with Gasteiger partial charge in [0.25, 0.3) is 5.56 Å². The fraction of sp³-hybridized carbons (Fsp3) is 0.615. The summed E-state index contributed by atoms with van der Waals surface area (Å²) in [6.45, 7) is 3.34. The Balaban J connectivity index is 2.09. The molecule has 1 fully saturated rings. The highest BCUT2D eigenvalue weighted by molar-refractivity contribution is 5.76. The molecule has 1 saturated heterocycles. The number of likely N-dealkylation sites (N-methyl/N-ethyl adjacent to an activating group) is 1. The van der Waals surface area contributed by atoms with Crippen molar-refractivity contribution < 1.29 is 4.79 Å². The third-order valence-electron chi connectivity index (χ3n) is 3.35. The van der Waals surface area contributed by atoms with Gasteiger partial charge in [0.15, 0.2) is 5.82 Å². The van der Waals surface area contributed by atoms with E-state index < -0.39 is 0 Å². The van der Waals surface area contributed by atoms with Gasteiger partial charge in [0, 0.05) is 45.0 Å². The zero-order chi connectivity index (χ0) is 13.8. The largest absolute Gasteiger partial charge is 0.361 e. The maximum atomic E-state index is 12.1. The normalized spacial score (nSPS) is 19.6. The van der Waals surface area contributed by atoms with Gasteiger partial charge >= 0.3 is 0 Å². The maximum absolute atomic E-state index is 12.1. The lowest BCUT2D eigenvalue weighted by molar-refractivity contribution is -0.132. The summed E-state index contributed by atoms with van der Waals surface area (Å²) in [5, 5.41) is 3.16. The lowest BCUT2D eigenvalue weighted by atomic mass is 10.1. The van der Waals surface area contributed by atoms with Crippen molar-refractivity contribution in [2.75, 3.05) is 18.9 Å². The van der Waals surface area contributed by atoms with E-state index in [1.807, 2.05) is 6.92 Å². The van der Waals surface area contributed by atoms with Crippen molar-refractivity contribution >= 4 is 11.7 Å². The van der Waals surface area contributed by atoms with Gasteiger partial charge in [0.2, 0.25) is 5.91 Å². The summed E-state index contributed by atoms with van der Waals surface area (Å²) in [4.78, 5) is 29.4. The third kappa shape index (κ3) is 3.13. The van der Waals surface area contributed by atoms with Gasteiger partial charge in [0.1, 0.15) is 0 Å². The van der Waals surface area contributed by atoms with Gasteiger partial charge in [-0.05, 0) is 12.8 Å². The number of nitrogens with zero attached hydrogens (tertiary/aromatic N) is 3. The molecule has 19 heavy (non-hydrogen) atoms. The van der Waals surface area contributed by atoms with Gasteiger partial charge in [-0.25, -0.2) is 4.98 Å². The van der Waals surface area contributed by atoms with Crippen LogP contribution in [0.15, 0.2) is 17.2 Å². The Morgan fingerprint density at radius 3 is 2.95 bits per heavy atom. The van der Waals surface area contributed by atoms with Crippen molar-refractivity contribution in [1.82, 2.24) is 14.5 Å². The van der Waals surface area contributed by atoms with E-state index in [0.717, 1.165) is 12.8 Å². The van der Waals surface area contributed by atoms with E-state index in [-0.39, 0.29) is 17.5 Å². The van der Waals surface area contributed by atoms with Crippen LogP contribution in [0.5, 0.6) is 0 Å². The zero-order valence-electron chi connectivity index (χ0n) is 11.4. The fourth-order valence-corrected chi connectivity index (χ4v) is 2.29. The van der Waals surface area contributed by atoms with Crippen LogP contribution < -0.4 is 10.9 Å². The van der Waals surface area contributed by atoms with E-state index in [0.29, 0.717) is 25.3 Å². The molecule has 1 aliphatic rings. The number of hydrogen-bond acceptors (Lipinski definition) is 4. The van der Waals surface area contributed by atoms with Crippen LogP contribution in [0.3, 0.4) is 0 Å². The first-order chi connectivity index (χ1) is 9.11. The van der Waals surface area contributed by atoms with E-state index in [1.165, 1.54) is 0 Å². The van der Waals surface area contributed by atoms with Gasteiger partial charge in [-0.3, -0.25) is 9.59 Å². The SMILES string of the molecule is CCCn1ccnc(NC2CCC(=O)N(C)C2)c1=O. The van der Waals surface area contributed by atoms with Gasteiger partial charge in [-0.2, -0.15) is 0 Å². The highest BCUT2D eigenvalue weighted by Crippen LogP contribution is 2.12. The molecule has 0 bridgehead atoms. The van der Waals surface area contributed by atoms with Gasteiger partial charge < -0.3 is 14.8 Å². The Morgan fingerprint density at radius 1 is 1.47 bits per heavy atom. The van der Waals surface area contributed by atoms with E-state index in [1.54, 1.807) is 28.9 Å². The number of likely N-dealkylation sites (tertiary alicyclic amines) is 1. The highest BCUT2D eigenvalue weighted by atomic mass is 16.2. The summed E-state index contributed by atoms with van der Waals surface area (Å²) in [6, 6.07) is 0.0976. The Morgan fingerprint density at radius 2 is 2.26 bits per heavy atom. The highest BCUT2D eigenvalue weighted by Gasteiger charge is 2.23. The molecule has 104 valence electrons. The average Bonchev–Trinajstić information content (AvgIpc) is 2.39. The number of hydrogen-bond donors (Lipinski definition) is 1. The molecule has 0 saturated carbocycles. The van der Waals surface area contributed by atoms with Gasteiger partial charge in [-0.1, -0.05) is 6.92 Å². The summed E-state index contributed by atoms with van der Waals surface area (Å²) in [5.74, 6) is 0.533. The van der Waals surface area contributed by atoms with E-state index in [4.69, 9.17) is 0 Å². The molecule has 6 nitrogen and oxygen atoms in total. The van der Waals surface area contributed by atoms with Crippen LogP contribution in [0.1, 0.15) is 26.2 Å². The van der Waals surface area contributed by atoms with Crippen molar-refractivity contribution in [2.45, 2.75) is 38.8 Å². The molecule has 1 aromatic heterocycles. The van der Waals surface area contributed by atoms with Crippen LogP contribution in [0.25, 0.3) is 0 Å². The van der Waals surface area contributed by atoms with Crippen molar-refractivity contribution in [1.29, 1.82) is 0 Å². The van der Waals surface area contributed by atoms with Gasteiger partial charge in [-0.15, -0.1) is 0 Å². The quantitative estimate of drug-likeness (QED) is 0.868. The molecule has 6 heteroatoms. The topological polar surface area (TPSA) is 67.2 Å². The molecule has 0 aromatic carbocycles. The van der Waals surface area contributed by atoms with Gasteiger partial charge in [0.05, 0.1) is 0 Å². The van der Waals surface area contributed by atoms with Crippen LogP contribution >= 0.6 is 0 Å². The summed E-state index contributed by atoms with van der Waals surface area (Å²) in [7, 11) is 1.78. The smallest absolute Gasteiger partial charge is 0.293 e. The minimum atomic E-state index is -0.0936. The third-order valence-corrected chi connectivity index (χ3v) is 3.35. The second-order valence-corrected chi connectivity index (χ2v) is 4.93. The number of amides is 1. The lowest BCUT2D eigenvalue weighted by Gasteiger charge is -2.30. The molecule has 1 unspecified atom stereocenters. The number of aryl methyl sites for hydroxylation is 1. The standard InChI is InChI=1S/C13H20N4O2/c1-3-7-17-8-6-14-12(13(17)19)15-10-4-5-11(18)16(2)9-10/h6,8,10H,3-5,7,9H2,1-2H3,(H,14,15). The minimum absolute atomic E-state index is 0.0936. The van der Waals surface area contributed by atoms with Crippen molar-refractivity contribution in [3.63, 3.8) is 0 Å². The Bertz CT molecular complexity index is 512. The number of rotatable bonds is 4. The first-order valence-corrected chi connectivity index (χ1v) is 6.67. The second kappa shape index (κ2) is 5.86. The Labute approximate surface area is 112 Å². The van der Waals surface area contributed by atoms with E-state index >= 15 is 0 Å². The molecule has 0 aliphatic carbocycles. The molecule has 1 amide bonds. The van der Waals surface area contributed by atoms with Crippen LogP contribution in [-0.2, 0) is 11.3 Å². The Kier molecular flexibility index (Phi) is 4.19. The summed E-state index contributed by atoms with van der Waals surface area (Å²) in [5.41, 5.74) is -0.0936. The molecule has 1 aromatic rings. The minimum Gasteiger partial charge on any atom is -0.361 e. The zero-order valence-corrected chi connectivity index (χ0v) is 11.4. The average molecular weight is 264 g/mol. The summed E-state index contributed by atoms with van der Waals surface area (Å²) in [6.07, 6.45) is 5.51. The first-order valence-electron chi connectivity index (χ1n) is 6.67. The molecule has 0 spiro atoms. The van der Waals surface area contributed by atoms with E-state index in [9.17, 15) is 9.59 Å². The molecular formula is C13H20N4O2. The first kappa shape index (κ1) is 13.6. The number of carbonyl (C=O) groups is 1. The predicted octanol–water partition coefficient (Wildman–Crippen LogP) is 0.686.